The molecule has 0 aliphatic heterocycles. The molecule has 0 amide bonds. The maximum absolute atomic E-state index is 6.40. The summed E-state index contributed by atoms with van der Waals surface area (Å²) in [5, 5.41) is 6.84. The van der Waals surface area contributed by atoms with Gasteiger partial charge in [0, 0.05) is 16.4 Å². The molecule has 0 radical (unpaired) electrons. The Morgan fingerprint density at radius 1 is 1.35 bits per heavy atom. The molecular formula is C12H9BrClN3. The van der Waals surface area contributed by atoms with Gasteiger partial charge in [0.2, 0.25) is 0 Å². The molecule has 0 unspecified atom stereocenters. The van der Waals surface area contributed by atoms with Gasteiger partial charge in [-0.05, 0) is 25.1 Å². The number of rotatable bonds is 1. The maximum atomic E-state index is 6.40. The van der Waals surface area contributed by atoms with Crippen molar-refractivity contribution < 1.29 is 0 Å². The molecule has 0 atom stereocenters. The molecule has 3 aromatic rings. The van der Waals surface area contributed by atoms with Crippen LogP contribution in [-0.4, -0.2) is 14.8 Å². The van der Waals surface area contributed by atoms with Gasteiger partial charge in [-0.3, -0.25) is 0 Å². The van der Waals surface area contributed by atoms with E-state index in [4.69, 9.17) is 11.6 Å². The summed E-state index contributed by atoms with van der Waals surface area (Å²) in [6.07, 6.45) is 1.77. The SMILES string of the molecule is CCn1ncc2c(Cl)c3cc(Br)ccc3nc21. The van der Waals surface area contributed by atoms with Gasteiger partial charge in [0.15, 0.2) is 5.65 Å². The zero-order valence-corrected chi connectivity index (χ0v) is 11.5. The second kappa shape index (κ2) is 3.96. The maximum Gasteiger partial charge on any atom is 0.159 e. The first-order valence-corrected chi connectivity index (χ1v) is 6.48. The van der Waals surface area contributed by atoms with Crippen molar-refractivity contribution >= 4 is 49.5 Å². The monoisotopic (exact) mass is 309 g/mol. The molecule has 0 fully saturated rings. The molecule has 0 bridgehead atoms. The highest BCUT2D eigenvalue weighted by atomic mass is 79.9. The summed E-state index contributed by atoms with van der Waals surface area (Å²) in [6.45, 7) is 2.82. The Kier molecular flexibility index (Phi) is 2.56. The highest BCUT2D eigenvalue weighted by Crippen LogP contribution is 2.31. The third-order valence-electron chi connectivity index (χ3n) is 2.77. The van der Waals surface area contributed by atoms with Crippen molar-refractivity contribution in [1.29, 1.82) is 0 Å². The van der Waals surface area contributed by atoms with Crippen LogP contribution < -0.4 is 0 Å². The predicted octanol–water partition coefficient (Wildman–Crippen LogP) is 4.02. The van der Waals surface area contributed by atoms with Crippen molar-refractivity contribution in [3.8, 4) is 0 Å². The molecule has 5 heteroatoms. The lowest BCUT2D eigenvalue weighted by atomic mass is 10.2. The number of nitrogens with zero attached hydrogens (tertiary/aromatic N) is 3. The Bertz CT molecular complexity index is 720. The summed E-state index contributed by atoms with van der Waals surface area (Å²) in [4.78, 5) is 4.61. The molecule has 0 spiro atoms. The van der Waals surface area contributed by atoms with Gasteiger partial charge in [0.1, 0.15) is 0 Å². The lowest BCUT2D eigenvalue weighted by molar-refractivity contribution is 0.677. The number of pyridine rings is 1. The number of fused-ring (bicyclic) bond motifs is 2. The Balaban J connectivity index is 2.49. The third-order valence-corrected chi connectivity index (χ3v) is 3.67. The summed E-state index contributed by atoms with van der Waals surface area (Å²) < 4.78 is 2.85. The Morgan fingerprint density at radius 2 is 2.18 bits per heavy atom. The number of hydrogen-bond donors (Lipinski definition) is 0. The topological polar surface area (TPSA) is 30.7 Å². The molecule has 2 heterocycles. The van der Waals surface area contributed by atoms with Crippen molar-refractivity contribution in [1.82, 2.24) is 14.8 Å². The number of hydrogen-bond acceptors (Lipinski definition) is 2. The van der Waals surface area contributed by atoms with E-state index in [2.05, 4.69) is 26.0 Å². The highest BCUT2D eigenvalue weighted by Gasteiger charge is 2.11. The minimum absolute atomic E-state index is 0.714. The minimum Gasteiger partial charge on any atom is -0.248 e. The van der Waals surface area contributed by atoms with E-state index in [1.54, 1.807) is 6.20 Å². The number of benzene rings is 1. The molecule has 0 saturated heterocycles. The van der Waals surface area contributed by atoms with Crippen LogP contribution in [0.5, 0.6) is 0 Å². The molecule has 2 aromatic heterocycles. The molecular weight excluding hydrogens is 302 g/mol. The molecule has 0 saturated carbocycles. The van der Waals surface area contributed by atoms with Crippen LogP contribution in [0.15, 0.2) is 28.9 Å². The molecule has 0 aliphatic rings. The normalized spacial score (nSPS) is 11.5. The zero-order chi connectivity index (χ0) is 12.0. The molecule has 17 heavy (non-hydrogen) atoms. The van der Waals surface area contributed by atoms with Crippen molar-refractivity contribution in [2.24, 2.45) is 0 Å². The minimum atomic E-state index is 0.714. The highest BCUT2D eigenvalue weighted by molar-refractivity contribution is 9.10. The lowest BCUT2D eigenvalue weighted by Crippen LogP contribution is -1.97. The van der Waals surface area contributed by atoms with Crippen LogP contribution in [0.4, 0.5) is 0 Å². The molecule has 0 N–H and O–H groups in total. The largest absolute Gasteiger partial charge is 0.248 e. The van der Waals surface area contributed by atoms with E-state index in [0.29, 0.717) is 5.02 Å². The second-order valence-corrected chi connectivity index (χ2v) is 5.08. The Hall–Kier alpha value is -1.13. The number of aromatic nitrogens is 3. The van der Waals surface area contributed by atoms with Gasteiger partial charge >= 0.3 is 0 Å². The summed E-state index contributed by atoms with van der Waals surface area (Å²) in [5.41, 5.74) is 1.73. The van der Waals surface area contributed by atoms with Gasteiger partial charge in [-0.2, -0.15) is 5.10 Å². The first-order valence-electron chi connectivity index (χ1n) is 5.31. The fourth-order valence-electron chi connectivity index (χ4n) is 1.92. The van der Waals surface area contributed by atoms with E-state index >= 15 is 0 Å². The smallest absolute Gasteiger partial charge is 0.159 e. The van der Waals surface area contributed by atoms with Gasteiger partial charge in [0.05, 0.1) is 22.1 Å². The summed E-state index contributed by atoms with van der Waals surface area (Å²) in [5.74, 6) is 0. The van der Waals surface area contributed by atoms with Crippen molar-refractivity contribution in [3.63, 3.8) is 0 Å². The average molecular weight is 311 g/mol. The number of halogens is 2. The fourth-order valence-corrected chi connectivity index (χ4v) is 2.57. The predicted molar refractivity (Wildman–Crippen MR) is 73.4 cm³/mol. The van der Waals surface area contributed by atoms with E-state index in [-0.39, 0.29) is 0 Å². The van der Waals surface area contributed by atoms with Crippen LogP contribution in [0, 0.1) is 0 Å². The van der Waals surface area contributed by atoms with E-state index < -0.39 is 0 Å². The van der Waals surface area contributed by atoms with Crippen LogP contribution >= 0.6 is 27.5 Å². The third kappa shape index (κ3) is 1.63. The van der Waals surface area contributed by atoms with Crippen molar-refractivity contribution in [3.05, 3.63) is 33.9 Å². The average Bonchev–Trinajstić information content (AvgIpc) is 2.73. The lowest BCUT2D eigenvalue weighted by Gasteiger charge is -2.04. The van der Waals surface area contributed by atoms with E-state index in [0.717, 1.165) is 33.0 Å². The first-order chi connectivity index (χ1) is 8.20. The van der Waals surface area contributed by atoms with Crippen molar-refractivity contribution in [2.75, 3.05) is 0 Å². The Labute approximate surface area is 112 Å². The standard InChI is InChI=1S/C12H9BrClN3/c1-2-17-12-9(6-15-17)11(14)8-5-7(13)3-4-10(8)16-12/h3-6H,2H2,1H3. The van der Waals surface area contributed by atoms with E-state index in [1.165, 1.54) is 0 Å². The van der Waals surface area contributed by atoms with E-state index in [9.17, 15) is 0 Å². The van der Waals surface area contributed by atoms with Crippen LogP contribution in [0.25, 0.3) is 21.9 Å². The fraction of sp³-hybridized carbons (Fsp3) is 0.167. The molecule has 3 rings (SSSR count). The van der Waals surface area contributed by atoms with Gasteiger partial charge in [0.25, 0.3) is 0 Å². The first kappa shape index (κ1) is 11.0. The van der Waals surface area contributed by atoms with Crippen molar-refractivity contribution in [2.45, 2.75) is 13.5 Å². The van der Waals surface area contributed by atoms with E-state index in [1.807, 2.05) is 29.8 Å². The zero-order valence-electron chi connectivity index (χ0n) is 9.11. The van der Waals surface area contributed by atoms with Gasteiger partial charge in [-0.15, -0.1) is 0 Å². The van der Waals surface area contributed by atoms with Gasteiger partial charge in [-0.1, -0.05) is 27.5 Å². The molecule has 1 aromatic carbocycles. The molecule has 0 aliphatic carbocycles. The molecule has 3 nitrogen and oxygen atoms in total. The van der Waals surface area contributed by atoms with Gasteiger partial charge < -0.3 is 0 Å². The quantitative estimate of drug-likeness (QED) is 0.679. The Morgan fingerprint density at radius 3 is 2.94 bits per heavy atom. The summed E-state index contributed by atoms with van der Waals surface area (Å²) in [6, 6.07) is 5.90. The van der Waals surface area contributed by atoms with Gasteiger partial charge in [-0.25, -0.2) is 9.67 Å². The van der Waals surface area contributed by atoms with Crippen LogP contribution in [0.1, 0.15) is 6.92 Å². The van der Waals surface area contributed by atoms with Crippen LogP contribution in [-0.2, 0) is 6.54 Å². The summed E-state index contributed by atoms with van der Waals surface area (Å²) >= 11 is 9.84. The van der Waals surface area contributed by atoms with Crippen LogP contribution in [0.3, 0.4) is 0 Å². The summed E-state index contributed by atoms with van der Waals surface area (Å²) in [7, 11) is 0. The molecule has 86 valence electrons. The second-order valence-electron chi connectivity index (χ2n) is 3.78. The number of aryl methyl sites for hydroxylation is 1. The van der Waals surface area contributed by atoms with Crippen LogP contribution in [0.2, 0.25) is 5.02 Å².